The number of hydrogen-bond acceptors (Lipinski definition) is 4. The van der Waals surface area contributed by atoms with Gasteiger partial charge in [0.1, 0.15) is 6.04 Å². The highest BCUT2D eigenvalue weighted by Gasteiger charge is 2.30. The lowest BCUT2D eigenvalue weighted by Gasteiger charge is -2.32. The van der Waals surface area contributed by atoms with E-state index in [1.807, 2.05) is 0 Å². The smallest absolute Gasteiger partial charge is 0.254 e. The Bertz CT molecular complexity index is 683. The summed E-state index contributed by atoms with van der Waals surface area (Å²) in [5.41, 5.74) is 0.360. The summed E-state index contributed by atoms with van der Waals surface area (Å²) in [6.07, 6.45) is 0. The van der Waals surface area contributed by atoms with Crippen LogP contribution < -0.4 is 5.32 Å². The summed E-state index contributed by atoms with van der Waals surface area (Å²) >= 11 is 0. The molecule has 120 valence electrons. The third kappa shape index (κ3) is 2.97. The Morgan fingerprint density at radius 1 is 1.27 bits per heavy atom. The molecule has 0 aliphatic carbocycles. The molecular weight excluding hydrogens is 306 g/mol. The normalized spacial score (nSPS) is 19.2. The first kappa shape index (κ1) is 16.4. The average Bonchev–Trinajstić information content (AvgIpc) is 2.49. The number of hydrogen-bond donors (Lipinski definition) is 1. The molecule has 1 atom stereocenters. The van der Waals surface area contributed by atoms with Gasteiger partial charge >= 0.3 is 0 Å². The fraction of sp³-hybridized carbons (Fsp3) is 0.429. The molecule has 1 saturated heterocycles. The fourth-order valence-electron chi connectivity index (χ4n) is 2.21. The topological polar surface area (TPSA) is 86.8 Å². The van der Waals surface area contributed by atoms with Crippen LogP contribution in [0.25, 0.3) is 0 Å². The first-order valence-corrected chi connectivity index (χ1v) is 8.30. The molecule has 2 rings (SSSR count). The highest BCUT2D eigenvalue weighted by atomic mass is 32.2. The van der Waals surface area contributed by atoms with Crippen molar-refractivity contribution in [2.45, 2.75) is 17.9 Å². The highest BCUT2D eigenvalue weighted by molar-refractivity contribution is 7.89. The zero-order chi connectivity index (χ0) is 16.5. The molecule has 22 heavy (non-hydrogen) atoms. The number of carbonyl (C=O) groups is 2. The molecule has 1 fully saturated rings. The molecule has 1 aromatic rings. The minimum absolute atomic E-state index is 0.124. The van der Waals surface area contributed by atoms with Gasteiger partial charge in [-0.15, -0.1) is 0 Å². The number of rotatable bonds is 3. The molecular formula is C14H19N3O4S. The molecule has 1 aliphatic heterocycles. The van der Waals surface area contributed by atoms with Crippen molar-refractivity contribution >= 4 is 21.8 Å². The van der Waals surface area contributed by atoms with E-state index in [9.17, 15) is 18.0 Å². The van der Waals surface area contributed by atoms with Crippen molar-refractivity contribution in [1.82, 2.24) is 14.5 Å². The van der Waals surface area contributed by atoms with Crippen molar-refractivity contribution in [2.24, 2.45) is 0 Å². The van der Waals surface area contributed by atoms with E-state index in [4.69, 9.17) is 0 Å². The van der Waals surface area contributed by atoms with E-state index in [1.165, 1.54) is 43.3 Å². The molecule has 0 aromatic heterocycles. The molecule has 1 aromatic carbocycles. The Morgan fingerprint density at radius 3 is 2.41 bits per heavy atom. The van der Waals surface area contributed by atoms with Crippen LogP contribution in [-0.2, 0) is 14.8 Å². The van der Waals surface area contributed by atoms with Gasteiger partial charge in [-0.05, 0) is 31.2 Å². The van der Waals surface area contributed by atoms with E-state index in [0.29, 0.717) is 18.7 Å². The van der Waals surface area contributed by atoms with E-state index in [0.717, 1.165) is 4.31 Å². The predicted octanol–water partition coefficient (Wildman–Crippen LogP) is -0.103. The van der Waals surface area contributed by atoms with Crippen molar-refractivity contribution in [3.63, 3.8) is 0 Å². The number of benzene rings is 1. The summed E-state index contributed by atoms with van der Waals surface area (Å²) in [6.45, 7) is 2.52. The molecule has 8 heteroatoms. The molecule has 0 saturated carbocycles. The first-order valence-electron chi connectivity index (χ1n) is 6.86. The summed E-state index contributed by atoms with van der Waals surface area (Å²) < 4.78 is 25.1. The van der Waals surface area contributed by atoms with Gasteiger partial charge in [-0.2, -0.15) is 0 Å². The summed E-state index contributed by atoms with van der Waals surface area (Å²) in [6, 6.07) is 5.20. The first-order chi connectivity index (χ1) is 10.2. The van der Waals surface area contributed by atoms with Gasteiger partial charge < -0.3 is 10.2 Å². The van der Waals surface area contributed by atoms with Crippen molar-refractivity contribution in [2.75, 3.05) is 27.2 Å². The predicted molar refractivity (Wildman–Crippen MR) is 80.8 cm³/mol. The third-order valence-corrected chi connectivity index (χ3v) is 5.47. The van der Waals surface area contributed by atoms with Gasteiger partial charge in [-0.3, -0.25) is 9.59 Å². The second-order valence-corrected chi connectivity index (χ2v) is 7.43. The minimum atomic E-state index is -3.52. The van der Waals surface area contributed by atoms with E-state index in [-0.39, 0.29) is 16.7 Å². The monoisotopic (exact) mass is 325 g/mol. The lowest BCUT2D eigenvalue weighted by molar-refractivity contribution is -0.127. The number of sulfonamides is 1. The summed E-state index contributed by atoms with van der Waals surface area (Å²) in [5, 5.41) is 2.69. The van der Waals surface area contributed by atoms with Crippen LogP contribution in [0.4, 0.5) is 0 Å². The van der Waals surface area contributed by atoms with Crippen LogP contribution in [0.5, 0.6) is 0 Å². The molecule has 2 amide bonds. The van der Waals surface area contributed by atoms with E-state index < -0.39 is 16.1 Å². The summed E-state index contributed by atoms with van der Waals surface area (Å²) in [5.74, 6) is -0.470. The van der Waals surface area contributed by atoms with Crippen LogP contribution in [-0.4, -0.2) is 62.7 Å². The maximum absolute atomic E-state index is 12.4. The van der Waals surface area contributed by atoms with Crippen molar-refractivity contribution < 1.29 is 18.0 Å². The Balaban J connectivity index is 2.24. The standard InChI is InChI=1S/C14H19N3O4S/c1-10-13(18)15-8-9-17(10)14(19)11-4-6-12(7-5-11)22(20,21)16(2)3/h4-7,10H,8-9H2,1-3H3,(H,15,18)/t10-/m1/s1. The zero-order valence-electron chi connectivity index (χ0n) is 12.7. The van der Waals surface area contributed by atoms with Gasteiger partial charge in [-0.1, -0.05) is 0 Å². The number of piperazine rings is 1. The highest BCUT2D eigenvalue weighted by Crippen LogP contribution is 2.16. The number of carbonyl (C=O) groups excluding carboxylic acids is 2. The number of nitrogens with one attached hydrogen (secondary N) is 1. The molecule has 1 heterocycles. The van der Waals surface area contributed by atoms with E-state index in [2.05, 4.69) is 5.32 Å². The quantitative estimate of drug-likeness (QED) is 0.840. The molecule has 0 spiro atoms. The molecule has 1 aliphatic rings. The number of nitrogens with zero attached hydrogens (tertiary/aromatic N) is 2. The Morgan fingerprint density at radius 2 is 1.86 bits per heavy atom. The summed E-state index contributed by atoms with van der Waals surface area (Å²) in [4.78, 5) is 25.7. The minimum Gasteiger partial charge on any atom is -0.353 e. The van der Waals surface area contributed by atoms with Crippen molar-refractivity contribution in [3.8, 4) is 0 Å². The van der Waals surface area contributed by atoms with Gasteiger partial charge in [0.05, 0.1) is 4.90 Å². The largest absolute Gasteiger partial charge is 0.353 e. The van der Waals surface area contributed by atoms with Gasteiger partial charge in [-0.25, -0.2) is 12.7 Å². The average molecular weight is 325 g/mol. The van der Waals surface area contributed by atoms with Crippen LogP contribution >= 0.6 is 0 Å². The van der Waals surface area contributed by atoms with Crippen molar-refractivity contribution in [1.29, 1.82) is 0 Å². The Kier molecular flexibility index (Phi) is 4.52. The lowest BCUT2D eigenvalue weighted by Crippen LogP contribution is -2.55. The molecule has 0 radical (unpaired) electrons. The lowest BCUT2D eigenvalue weighted by atomic mass is 10.1. The SMILES string of the molecule is C[C@@H]1C(=O)NCCN1C(=O)c1ccc(S(=O)(=O)N(C)C)cc1. The third-order valence-electron chi connectivity index (χ3n) is 3.64. The van der Waals surface area contributed by atoms with E-state index >= 15 is 0 Å². The molecule has 1 N–H and O–H groups in total. The van der Waals surface area contributed by atoms with Crippen LogP contribution in [0.15, 0.2) is 29.2 Å². The maximum Gasteiger partial charge on any atom is 0.254 e. The molecule has 7 nitrogen and oxygen atoms in total. The zero-order valence-corrected chi connectivity index (χ0v) is 13.6. The number of amides is 2. The Hall–Kier alpha value is -1.93. The van der Waals surface area contributed by atoms with Gasteiger partial charge in [0.2, 0.25) is 15.9 Å². The fourth-order valence-corrected chi connectivity index (χ4v) is 3.11. The second kappa shape index (κ2) is 6.05. The maximum atomic E-state index is 12.4. The molecule has 0 unspecified atom stereocenters. The molecule has 0 bridgehead atoms. The Labute approximate surface area is 129 Å². The van der Waals surface area contributed by atoms with Gasteiger partial charge in [0.25, 0.3) is 5.91 Å². The van der Waals surface area contributed by atoms with Crippen LogP contribution in [0, 0.1) is 0 Å². The van der Waals surface area contributed by atoms with Crippen LogP contribution in [0.3, 0.4) is 0 Å². The van der Waals surface area contributed by atoms with E-state index in [1.54, 1.807) is 6.92 Å². The van der Waals surface area contributed by atoms with Gasteiger partial charge in [0, 0.05) is 32.7 Å². The van der Waals surface area contributed by atoms with Crippen molar-refractivity contribution in [3.05, 3.63) is 29.8 Å². The summed E-state index contributed by atoms with van der Waals surface area (Å²) in [7, 11) is -0.626. The van der Waals surface area contributed by atoms with Gasteiger partial charge in [0.15, 0.2) is 0 Å². The second-order valence-electron chi connectivity index (χ2n) is 5.28. The van der Waals surface area contributed by atoms with Crippen LogP contribution in [0.2, 0.25) is 0 Å². The van der Waals surface area contributed by atoms with Crippen LogP contribution in [0.1, 0.15) is 17.3 Å².